The molecule has 236 valence electrons. The van der Waals surface area contributed by atoms with Crippen LogP contribution in [0.4, 0.5) is 11.4 Å². The summed E-state index contributed by atoms with van der Waals surface area (Å²) in [6.07, 6.45) is 2.17. The van der Waals surface area contributed by atoms with E-state index in [1.165, 1.54) is 0 Å². The number of carbonyl (C=O) groups excluding carboxylic acids is 4. The Morgan fingerprint density at radius 2 is 0.826 bits per heavy atom. The lowest BCUT2D eigenvalue weighted by Crippen LogP contribution is -2.33. The predicted molar refractivity (Wildman–Crippen MR) is 180 cm³/mol. The van der Waals surface area contributed by atoms with Crippen molar-refractivity contribution in [3.8, 4) is 0 Å². The van der Waals surface area contributed by atoms with E-state index in [1.54, 1.807) is 48.5 Å². The molecule has 0 spiro atoms. The van der Waals surface area contributed by atoms with Crippen LogP contribution in [0, 0.1) is 11.8 Å². The van der Waals surface area contributed by atoms with Crippen molar-refractivity contribution in [2.45, 2.75) is 51.6 Å². The average molecular weight is 617 g/mol. The summed E-state index contributed by atoms with van der Waals surface area (Å²) in [7, 11) is 0. The van der Waals surface area contributed by atoms with Gasteiger partial charge in [-0.1, -0.05) is 84.9 Å². The molecule has 1 saturated carbocycles. The van der Waals surface area contributed by atoms with E-state index < -0.39 is 0 Å². The van der Waals surface area contributed by atoms with Crippen molar-refractivity contribution in [3.05, 3.63) is 131 Å². The first-order valence-corrected chi connectivity index (χ1v) is 15.8. The molecule has 1 aliphatic rings. The lowest BCUT2D eigenvalue weighted by molar-refractivity contribution is -0.125. The fourth-order valence-corrected chi connectivity index (χ4v) is 5.87. The topological polar surface area (TPSA) is 116 Å². The highest BCUT2D eigenvalue weighted by atomic mass is 16.2. The molecule has 8 heteroatoms. The summed E-state index contributed by atoms with van der Waals surface area (Å²) in [6.45, 7) is 3.84. The number of hydrogen-bond donors (Lipinski definition) is 4. The normalized spacial score (nSPS) is 17.2. The molecule has 0 aromatic heterocycles. The third-order valence-electron chi connectivity index (χ3n) is 8.62. The van der Waals surface area contributed by atoms with Crippen LogP contribution in [0.2, 0.25) is 0 Å². The first-order valence-electron chi connectivity index (χ1n) is 15.8. The van der Waals surface area contributed by atoms with Crippen LogP contribution in [0.25, 0.3) is 0 Å². The van der Waals surface area contributed by atoms with Crippen LogP contribution in [0.5, 0.6) is 0 Å². The molecule has 1 fully saturated rings. The maximum absolute atomic E-state index is 13.3. The summed E-state index contributed by atoms with van der Waals surface area (Å²) in [5.41, 5.74) is 3.69. The lowest BCUT2D eigenvalue weighted by atomic mass is 9.81. The molecule has 4 aromatic carbocycles. The summed E-state index contributed by atoms with van der Waals surface area (Å²) < 4.78 is 0. The predicted octanol–water partition coefficient (Wildman–Crippen LogP) is 7.05. The summed E-state index contributed by atoms with van der Waals surface area (Å²) in [6, 6.07) is 33.0. The van der Waals surface area contributed by atoms with Gasteiger partial charge in [0.2, 0.25) is 11.8 Å². The number of amides is 4. The minimum Gasteiger partial charge on any atom is -0.345 e. The molecule has 0 heterocycles. The highest BCUT2D eigenvalue weighted by molar-refractivity contribution is 6.05. The number of para-hydroxylation sites is 2. The number of nitrogens with one attached hydrogen (secondary N) is 4. The van der Waals surface area contributed by atoms with E-state index in [0.29, 0.717) is 48.2 Å². The molecule has 4 aromatic rings. The Labute approximate surface area is 270 Å². The fraction of sp³-hybridized carbons (Fsp3) is 0.263. The molecular formula is C38H40N4O4. The van der Waals surface area contributed by atoms with E-state index >= 15 is 0 Å². The van der Waals surface area contributed by atoms with Crippen LogP contribution < -0.4 is 21.3 Å². The van der Waals surface area contributed by atoms with Gasteiger partial charge in [-0.3, -0.25) is 19.2 Å². The van der Waals surface area contributed by atoms with Gasteiger partial charge in [0.1, 0.15) is 0 Å². The van der Waals surface area contributed by atoms with Crippen LogP contribution >= 0.6 is 0 Å². The van der Waals surface area contributed by atoms with E-state index in [2.05, 4.69) is 21.3 Å². The Kier molecular flexibility index (Phi) is 10.6. The number of hydrogen-bond acceptors (Lipinski definition) is 4. The monoisotopic (exact) mass is 616 g/mol. The second-order valence-corrected chi connectivity index (χ2v) is 11.8. The Bertz CT molecular complexity index is 1540. The van der Waals surface area contributed by atoms with Crippen LogP contribution in [0.3, 0.4) is 0 Å². The molecule has 0 bridgehead atoms. The molecule has 5 rings (SSSR count). The van der Waals surface area contributed by atoms with Crippen molar-refractivity contribution in [2.75, 3.05) is 10.6 Å². The highest BCUT2D eigenvalue weighted by Crippen LogP contribution is 2.31. The van der Waals surface area contributed by atoms with E-state index in [4.69, 9.17) is 0 Å². The van der Waals surface area contributed by atoms with Gasteiger partial charge in [0, 0.05) is 11.8 Å². The third-order valence-corrected chi connectivity index (χ3v) is 8.62. The standard InChI is InChI=1S/C38H40N4O4/c1-25(27-13-5-3-6-14-27)39-37(45)31-17-9-11-19-33(31)41-35(43)29-21-23-30(24-22-29)36(44)42-34-20-12-10-18-32(34)38(46)40-26(2)28-15-7-4-8-16-28/h3-20,25-26,29-30H,21-24H2,1-2H3,(H,39,45)(H,40,46)(H,41,43)(H,42,44). The van der Waals surface area contributed by atoms with Gasteiger partial charge < -0.3 is 21.3 Å². The van der Waals surface area contributed by atoms with Gasteiger partial charge >= 0.3 is 0 Å². The molecule has 46 heavy (non-hydrogen) atoms. The van der Waals surface area contributed by atoms with Crippen molar-refractivity contribution in [1.82, 2.24) is 10.6 Å². The molecule has 2 unspecified atom stereocenters. The minimum absolute atomic E-state index is 0.162. The van der Waals surface area contributed by atoms with Crippen LogP contribution in [-0.4, -0.2) is 23.6 Å². The van der Waals surface area contributed by atoms with Gasteiger partial charge in [-0.2, -0.15) is 0 Å². The summed E-state index contributed by atoms with van der Waals surface area (Å²) >= 11 is 0. The minimum atomic E-state index is -0.277. The quantitative estimate of drug-likeness (QED) is 0.153. The molecule has 1 aliphatic carbocycles. The second-order valence-electron chi connectivity index (χ2n) is 11.8. The highest BCUT2D eigenvalue weighted by Gasteiger charge is 2.31. The molecule has 0 saturated heterocycles. The average Bonchev–Trinajstić information content (AvgIpc) is 3.09. The zero-order chi connectivity index (χ0) is 32.5. The summed E-state index contributed by atoms with van der Waals surface area (Å²) in [5, 5.41) is 11.9. The lowest BCUT2D eigenvalue weighted by Gasteiger charge is -2.27. The van der Waals surface area contributed by atoms with E-state index in [0.717, 1.165) is 11.1 Å². The van der Waals surface area contributed by atoms with Gasteiger partial charge in [0.15, 0.2) is 0 Å². The Balaban J connectivity index is 1.15. The van der Waals surface area contributed by atoms with E-state index in [9.17, 15) is 19.2 Å². The van der Waals surface area contributed by atoms with Gasteiger partial charge in [0.05, 0.1) is 34.6 Å². The SMILES string of the molecule is CC(NC(=O)c1ccccc1NC(=O)C1CCC(C(=O)Nc2ccccc2C(=O)NC(C)c2ccccc2)CC1)c1ccccc1. The molecule has 8 nitrogen and oxygen atoms in total. The Morgan fingerprint density at radius 1 is 0.500 bits per heavy atom. The van der Waals surface area contributed by atoms with Gasteiger partial charge in [-0.25, -0.2) is 0 Å². The molecule has 0 radical (unpaired) electrons. The molecule has 4 amide bonds. The summed E-state index contributed by atoms with van der Waals surface area (Å²) in [4.78, 5) is 52.8. The van der Waals surface area contributed by atoms with Crippen molar-refractivity contribution in [3.63, 3.8) is 0 Å². The van der Waals surface area contributed by atoms with Crippen molar-refractivity contribution >= 4 is 35.0 Å². The number of rotatable bonds is 10. The first kappa shape index (κ1) is 32.2. The van der Waals surface area contributed by atoms with Crippen LogP contribution in [0.15, 0.2) is 109 Å². The molecule has 2 atom stereocenters. The maximum Gasteiger partial charge on any atom is 0.253 e. The molecule has 4 N–H and O–H groups in total. The van der Waals surface area contributed by atoms with Gasteiger partial charge in [0.25, 0.3) is 11.8 Å². The van der Waals surface area contributed by atoms with Gasteiger partial charge in [-0.15, -0.1) is 0 Å². The van der Waals surface area contributed by atoms with Crippen molar-refractivity contribution < 1.29 is 19.2 Å². The largest absolute Gasteiger partial charge is 0.345 e. The maximum atomic E-state index is 13.3. The molecular weight excluding hydrogens is 576 g/mol. The number of carbonyl (C=O) groups is 4. The Hall–Kier alpha value is -5.24. The van der Waals surface area contributed by atoms with Crippen LogP contribution in [-0.2, 0) is 9.59 Å². The van der Waals surface area contributed by atoms with Crippen LogP contribution in [0.1, 0.15) is 83.5 Å². The van der Waals surface area contributed by atoms with Crippen molar-refractivity contribution in [2.24, 2.45) is 11.8 Å². The zero-order valence-corrected chi connectivity index (χ0v) is 26.2. The number of benzene rings is 4. The molecule has 0 aliphatic heterocycles. The second kappa shape index (κ2) is 15.2. The third kappa shape index (κ3) is 8.07. The number of anilines is 2. The van der Waals surface area contributed by atoms with E-state index in [-0.39, 0.29) is 47.5 Å². The smallest absolute Gasteiger partial charge is 0.253 e. The first-order chi connectivity index (χ1) is 22.3. The summed E-state index contributed by atoms with van der Waals surface area (Å²) in [5.74, 6) is -1.41. The van der Waals surface area contributed by atoms with Gasteiger partial charge in [-0.05, 0) is 74.9 Å². The van der Waals surface area contributed by atoms with Crippen molar-refractivity contribution in [1.29, 1.82) is 0 Å². The zero-order valence-electron chi connectivity index (χ0n) is 26.2. The fourth-order valence-electron chi connectivity index (χ4n) is 5.87. The van der Waals surface area contributed by atoms with E-state index in [1.807, 2.05) is 74.5 Å². The Morgan fingerprint density at radius 3 is 1.20 bits per heavy atom.